The van der Waals surface area contributed by atoms with E-state index in [-0.39, 0.29) is 18.4 Å². The number of carbonyl (C=O) groups is 3. The van der Waals surface area contributed by atoms with Gasteiger partial charge >= 0.3 is 0 Å². The summed E-state index contributed by atoms with van der Waals surface area (Å²) in [5, 5.41) is 13.7. The molecule has 134 valence electrons. The largest absolute Gasteiger partial charge is 0.368 e. The van der Waals surface area contributed by atoms with E-state index < -0.39 is 41.5 Å². The molecule has 1 rings (SSSR count). The highest BCUT2D eigenvalue weighted by atomic mass is 19.1. The van der Waals surface area contributed by atoms with E-state index in [0.29, 0.717) is 0 Å². The first-order valence-electron chi connectivity index (χ1n) is 7.74. The van der Waals surface area contributed by atoms with Gasteiger partial charge in [-0.1, -0.05) is 18.2 Å². The molecule has 0 fully saturated rings. The van der Waals surface area contributed by atoms with Gasteiger partial charge in [0.05, 0.1) is 6.07 Å². The Kier molecular flexibility index (Phi) is 7.53. The zero-order chi connectivity index (χ0) is 19.0. The molecule has 0 aliphatic carbocycles. The van der Waals surface area contributed by atoms with E-state index in [1.54, 1.807) is 13.0 Å². The van der Waals surface area contributed by atoms with Crippen LogP contribution < -0.4 is 16.4 Å². The number of halogens is 1. The monoisotopic (exact) mass is 348 g/mol. The minimum atomic E-state index is -1.08. The van der Waals surface area contributed by atoms with Crippen LogP contribution in [0, 0.1) is 23.1 Å². The number of hydrogen-bond acceptors (Lipinski definition) is 4. The summed E-state index contributed by atoms with van der Waals surface area (Å²) >= 11 is 0. The fourth-order valence-corrected chi connectivity index (χ4v) is 2.26. The van der Waals surface area contributed by atoms with Crippen LogP contribution in [-0.4, -0.2) is 29.8 Å². The summed E-state index contributed by atoms with van der Waals surface area (Å²) in [6.07, 6.45) is -0.0402. The van der Waals surface area contributed by atoms with E-state index in [0.717, 1.165) is 0 Å². The molecule has 0 aliphatic rings. The molecule has 0 spiro atoms. The second-order valence-electron chi connectivity index (χ2n) is 5.78. The highest BCUT2D eigenvalue weighted by Crippen LogP contribution is 2.10. The molecular formula is C17H21FN4O3. The fraction of sp³-hybridized carbons (Fsp3) is 0.412. The van der Waals surface area contributed by atoms with Crippen LogP contribution in [0.25, 0.3) is 0 Å². The van der Waals surface area contributed by atoms with E-state index in [1.165, 1.54) is 25.1 Å². The molecule has 8 heteroatoms. The Morgan fingerprint density at radius 3 is 2.40 bits per heavy atom. The molecule has 7 nitrogen and oxygen atoms in total. The highest BCUT2D eigenvalue weighted by molar-refractivity contribution is 5.91. The molecule has 0 unspecified atom stereocenters. The summed E-state index contributed by atoms with van der Waals surface area (Å²) in [6, 6.07) is 5.70. The molecule has 1 aromatic carbocycles. The van der Waals surface area contributed by atoms with Crippen molar-refractivity contribution < 1.29 is 18.8 Å². The lowest BCUT2D eigenvalue weighted by molar-refractivity contribution is -0.131. The number of amides is 3. The lowest BCUT2D eigenvalue weighted by Gasteiger charge is -2.22. The van der Waals surface area contributed by atoms with Gasteiger partial charge in [0.1, 0.15) is 17.9 Å². The van der Waals surface area contributed by atoms with Gasteiger partial charge in [0.25, 0.3) is 0 Å². The van der Waals surface area contributed by atoms with Crippen LogP contribution in [-0.2, 0) is 20.8 Å². The average Bonchev–Trinajstić information content (AvgIpc) is 2.54. The molecule has 0 aromatic heterocycles. The number of rotatable bonds is 8. The first kappa shape index (κ1) is 20.1. The second-order valence-corrected chi connectivity index (χ2v) is 5.78. The summed E-state index contributed by atoms with van der Waals surface area (Å²) in [4.78, 5) is 35.3. The van der Waals surface area contributed by atoms with Crippen LogP contribution >= 0.6 is 0 Å². The Labute approximate surface area is 145 Å². The molecular weight excluding hydrogens is 327 g/mol. The van der Waals surface area contributed by atoms with Crippen molar-refractivity contribution in [2.45, 2.75) is 38.8 Å². The van der Waals surface area contributed by atoms with Crippen LogP contribution in [0.5, 0.6) is 0 Å². The summed E-state index contributed by atoms with van der Waals surface area (Å²) in [7, 11) is 0. The third kappa shape index (κ3) is 6.59. The Bertz CT molecular complexity index is 687. The standard InChI is InChI=1S/C17H21FN4O3/c1-10(9-19)7-14(16(20)24)22-17(25)15(21-11(2)23)8-12-5-3-4-6-13(12)18/h3-6,10,14-15H,7-8H2,1-2H3,(H2,20,24)(H,21,23)(H,22,25)/t10-,14+,15-/m1/s1. The molecule has 3 amide bonds. The third-order valence-electron chi connectivity index (χ3n) is 3.55. The summed E-state index contributed by atoms with van der Waals surface area (Å²) in [5.74, 6) is -2.94. The number of nitrogens with zero attached hydrogens (tertiary/aromatic N) is 1. The molecule has 0 aliphatic heterocycles. The first-order valence-corrected chi connectivity index (χ1v) is 7.74. The Balaban J connectivity index is 2.92. The highest BCUT2D eigenvalue weighted by Gasteiger charge is 2.27. The van der Waals surface area contributed by atoms with Crippen molar-refractivity contribution in [1.29, 1.82) is 5.26 Å². The zero-order valence-corrected chi connectivity index (χ0v) is 14.1. The van der Waals surface area contributed by atoms with Gasteiger partial charge in [0.15, 0.2) is 0 Å². The Morgan fingerprint density at radius 1 is 1.24 bits per heavy atom. The molecule has 3 atom stereocenters. The van der Waals surface area contributed by atoms with Gasteiger partial charge in [0.2, 0.25) is 17.7 Å². The van der Waals surface area contributed by atoms with Crippen molar-refractivity contribution in [3.8, 4) is 6.07 Å². The molecule has 0 heterocycles. The van der Waals surface area contributed by atoms with Gasteiger partial charge < -0.3 is 16.4 Å². The number of nitriles is 1. The van der Waals surface area contributed by atoms with Gasteiger partial charge in [-0.2, -0.15) is 5.26 Å². The lowest BCUT2D eigenvalue weighted by Crippen LogP contribution is -2.53. The summed E-state index contributed by atoms with van der Waals surface area (Å²) in [5.41, 5.74) is 5.50. The lowest BCUT2D eigenvalue weighted by atomic mass is 10.0. The van der Waals surface area contributed by atoms with Crippen molar-refractivity contribution in [3.05, 3.63) is 35.6 Å². The van der Waals surface area contributed by atoms with Crippen LogP contribution in [0.15, 0.2) is 24.3 Å². The van der Waals surface area contributed by atoms with Crippen LogP contribution in [0.3, 0.4) is 0 Å². The zero-order valence-electron chi connectivity index (χ0n) is 14.1. The Morgan fingerprint density at radius 2 is 1.88 bits per heavy atom. The number of hydrogen-bond donors (Lipinski definition) is 3. The van der Waals surface area contributed by atoms with Crippen molar-refractivity contribution >= 4 is 17.7 Å². The predicted octanol–water partition coefficient (Wildman–Crippen LogP) is 0.393. The van der Waals surface area contributed by atoms with Crippen LogP contribution in [0.4, 0.5) is 4.39 Å². The maximum absolute atomic E-state index is 13.8. The van der Waals surface area contributed by atoms with Crippen LogP contribution in [0.2, 0.25) is 0 Å². The van der Waals surface area contributed by atoms with E-state index in [4.69, 9.17) is 11.0 Å². The number of benzene rings is 1. The van der Waals surface area contributed by atoms with Gasteiger partial charge in [-0.3, -0.25) is 14.4 Å². The molecule has 25 heavy (non-hydrogen) atoms. The molecule has 0 radical (unpaired) electrons. The average molecular weight is 348 g/mol. The molecule has 0 saturated heterocycles. The molecule has 1 aromatic rings. The van der Waals surface area contributed by atoms with Gasteiger partial charge in [-0.25, -0.2) is 4.39 Å². The maximum Gasteiger partial charge on any atom is 0.243 e. The molecule has 0 bridgehead atoms. The van der Waals surface area contributed by atoms with Crippen molar-refractivity contribution in [1.82, 2.24) is 10.6 Å². The number of carbonyl (C=O) groups excluding carboxylic acids is 3. The van der Waals surface area contributed by atoms with E-state index in [1.807, 2.05) is 6.07 Å². The predicted molar refractivity (Wildman–Crippen MR) is 88.2 cm³/mol. The summed E-state index contributed by atoms with van der Waals surface area (Å²) < 4.78 is 13.8. The third-order valence-corrected chi connectivity index (χ3v) is 3.55. The second kappa shape index (κ2) is 9.37. The minimum Gasteiger partial charge on any atom is -0.368 e. The maximum atomic E-state index is 13.8. The quantitative estimate of drug-likeness (QED) is 0.628. The number of nitrogens with two attached hydrogens (primary N) is 1. The first-order chi connectivity index (χ1) is 11.7. The van der Waals surface area contributed by atoms with Crippen molar-refractivity contribution in [2.24, 2.45) is 11.7 Å². The summed E-state index contributed by atoms with van der Waals surface area (Å²) in [6.45, 7) is 2.82. The van der Waals surface area contributed by atoms with Gasteiger partial charge in [0, 0.05) is 19.3 Å². The number of primary amides is 1. The van der Waals surface area contributed by atoms with E-state index in [9.17, 15) is 18.8 Å². The van der Waals surface area contributed by atoms with Gasteiger partial charge in [-0.05, 0) is 25.0 Å². The van der Waals surface area contributed by atoms with Crippen LogP contribution in [0.1, 0.15) is 25.8 Å². The van der Waals surface area contributed by atoms with E-state index in [2.05, 4.69) is 10.6 Å². The molecule has 4 N–H and O–H groups in total. The normalized spacial score (nSPS) is 13.8. The van der Waals surface area contributed by atoms with Crippen molar-refractivity contribution in [3.63, 3.8) is 0 Å². The SMILES string of the molecule is CC(=O)N[C@H](Cc1ccccc1F)C(=O)N[C@@H](C[C@@H](C)C#N)C(N)=O. The molecule has 0 saturated carbocycles. The fourth-order valence-electron chi connectivity index (χ4n) is 2.26. The Hall–Kier alpha value is -2.95. The minimum absolute atomic E-state index is 0.0457. The number of nitrogens with one attached hydrogen (secondary N) is 2. The van der Waals surface area contributed by atoms with Crippen molar-refractivity contribution in [2.75, 3.05) is 0 Å². The smallest absolute Gasteiger partial charge is 0.243 e. The topological polar surface area (TPSA) is 125 Å². The van der Waals surface area contributed by atoms with E-state index >= 15 is 0 Å². The van der Waals surface area contributed by atoms with Gasteiger partial charge in [-0.15, -0.1) is 0 Å².